The van der Waals surface area contributed by atoms with E-state index in [1.54, 1.807) is 0 Å². The number of imidazole rings is 1. The van der Waals surface area contributed by atoms with Gasteiger partial charge < -0.3 is 0 Å². The minimum Gasteiger partial charge on any atom is -0.296 e. The van der Waals surface area contributed by atoms with Gasteiger partial charge in [-0.25, -0.2) is 4.98 Å². The highest BCUT2D eigenvalue weighted by Gasteiger charge is 2.17. The van der Waals surface area contributed by atoms with E-state index in [0.29, 0.717) is 5.92 Å². The molecule has 92 valence electrons. The highest BCUT2D eigenvalue weighted by molar-refractivity contribution is 9.10. The topological polar surface area (TPSA) is 30.2 Å². The molecule has 0 radical (unpaired) electrons. The molecule has 2 aromatic heterocycles. The minimum atomic E-state index is 0.472. The Kier molecular flexibility index (Phi) is 3.52. The van der Waals surface area contributed by atoms with Crippen molar-refractivity contribution in [3.8, 4) is 0 Å². The zero-order valence-corrected chi connectivity index (χ0v) is 12.4. The largest absolute Gasteiger partial charge is 0.296 e. The maximum atomic E-state index is 4.65. The Morgan fingerprint density at radius 3 is 2.76 bits per heavy atom. The van der Waals surface area contributed by atoms with E-state index in [2.05, 4.69) is 51.1 Å². The lowest BCUT2D eigenvalue weighted by Crippen LogP contribution is -2.05. The van der Waals surface area contributed by atoms with Gasteiger partial charge in [-0.15, -0.1) is 0 Å². The van der Waals surface area contributed by atoms with Crippen LogP contribution in [0.1, 0.15) is 49.8 Å². The predicted octanol–water partition coefficient (Wildman–Crippen LogP) is 4.01. The van der Waals surface area contributed by atoms with Gasteiger partial charge in [-0.1, -0.05) is 20.3 Å². The lowest BCUT2D eigenvalue weighted by atomic mass is 10.1. The van der Waals surface area contributed by atoms with Gasteiger partial charge in [0.25, 0.3) is 0 Å². The summed E-state index contributed by atoms with van der Waals surface area (Å²) in [6, 6.07) is 0. The minimum absolute atomic E-state index is 0.472. The second-order valence-electron chi connectivity index (χ2n) is 4.60. The molecule has 2 rings (SSSR count). The Bertz CT molecular complexity index is 545. The summed E-state index contributed by atoms with van der Waals surface area (Å²) in [4.78, 5) is 9.05. The van der Waals surface area contributed by atoms with Gasteiger partial charge in [0.1, 0.15) is 10.4 Å². The van der Waals surface area contributed by atoms with Crippen LogP contribution < -0.4 is 0 Å². The first-order chi connectivity index (χ1) is 8.06. The van der Waals surface area contributed by atoms with Crippen LogP contribution in [0.25, 0.3) is 5.52 Å². The second-order valence-corrected chi connectivity index (χ2v) is 5.35. The SMILES string of the molecule is CCCC(C)c1nc(Br)c2cnc(C)c(C)n12. The normalized spacial score (nSPS) is 13.2. The fraction of sp³-hybridized carbons (Fsp3) is 0.538. The highest BCUT2D eigenvalue weighted by atomic mass is 79.9. The number of nitrogens with zero attached hydrogens (tertiary/aromatic N) is 3. The first-order valence-electron chi connectivity index (χ1n) is 6.06. The molecule has 0 fully saturated rings. The molecule has 0 saturated heterocycles. The third kappa shape index (κ3) is 2.10. The molecule has 3 nitrogen and oxygen atoms in total. The van der Waals surface area contributed by atoms with E-state index in [1.807, 2.05) is 13.1 Å². The summed E-state index contributed by atoms with van der Waals surface area (Å²) < 4.78 is 3.12. The van der Waals surface area contributed by atoms with E-state index >= 15 is 0 Å². The van der Waals surface area contributed by atoms with Crippen molar-refractivity contribution in [2.45, 2.75) is 46.5 Å². The third-order valence-corrected chi connectivity index (χ3v) is 3.88. The Morgan fingerprint density at radius 1 is 1.41 bits per heavy atom. The maximum absolute atomic E-state index is 4.65. The number of aromatic nitrogens is 3. The van der Waals surface area contributed by atoms with Crippen molar-refractivity contribution < 1.29 is 0 Å². The summed E-state index contributed by atoms with van der Waals surface area (Å²) in [5.41, 5.74) is 3.30. The predicted molar refractivity (Wildman–Crippen MR) is 73.5 cm³/mol. The number of halogens is 1. The van der Waals surface area contributed by atoms with Gasteiger partial charge in [-0.2, -0.15) is 0 Å². The van der Waals surface area contributed by atoms with Gasteiger partial charge in [0.2, 0.25) is 0 Å². The van der Waals surface area contributed by atoms with Gasteiger partial charge in [-0.3, -0.25) is 9.38 Å². The summed E-state index contributed by atoms with van der Waals surface area (Å²) in [6.45, 7) is 8.59. The van der Waals surface area contributed by atoms with Crippen LogP contribution in [0, 0.1) is 13.8 Å². The average Bonchev–Trinajstić information content (AvgIpc) is 2.62. The van der Waals surface area contributed by atoms with Gasteiger partial charge >= 0.3 is 0 Å². The molecule has 4 heteroatoms. The molecular weight excluding hydrogens is 278 g/mol. The van der Waals surface area contributed by atoms with Crippen molar-refractivity contribution in [2.24, 2.45) is 0 Å². The molecule has 0 N–H and O–H groups in total. The molecule has 0 bridgehead atoms. The number of hydrogen-bond donors (Lipinski definition) is 0. The van der Waals surface area contributed by atoms with Gasteiger partial charge in [0.05, 0.1) is 17.4 Å². The molecule has 1 atom stereocenters. The molecule has 2 aromatic rings. The smallest absolute Gasteiger partial charge is 0.133 e. The maximum Gasteiger partial charge on any atom is 0.133 e. The highest BCUT2D eigenvalue weighted by Crippen LogP contribution is 2.27. The molecule has 0 spiro atoms. The summed E-state index contributed by atoms with van der Waals surface area (Å²) in [5.74, 6) is 1.61. The van der Waals surface area contributed by atoms with Crippen molar-refractivity contribution in [1.82, 2.24) is 14.4 Å². The van der Waals surface area contributed by atoms with Crippen molar-refractivity contribution in [2.75, 3.05) is 0 Å². The summed E-state index contributed by atoms with van der Waals surface area (Å²) in [5, 5.41) is 0. The zero-order valence-electron chi connectivity index (χ0n) is 10.8. The first-order valence-corrected chi connectivity index (χ1v) is 6.85. The van der Waals surface area contributed by atoms with Crippen molar-refractivity contribution in [3.05, 3.63) is 28.0 Å². The van der Waals surface area contributed by atoms with E-state index in [-0.39, 0.29) is 0 Å². The molecule has 0 amide bonds. The number of rotatable bonds is 3. The fourth-order valence-electron chi connectivity index (χ4n) is 2.19. The van der Waals surface area contributed by atoms with E-state index in [4.69, 9.17) is 0 Å². The van der Waals surface area contributed by atoms with Crippen LogP contribution >= 0.6 is 15.9 Å². The number of aryl methyl sites for hydroxylation is 2. The summed E-state index contributed by atoms with van der Waals surface area (Å²) in [6.07, 6.45) is 4.23. The zero-order chi connectivity index (χ0) is 12.6. The van der Waals surface area contributed by atoms with Crippen LogP contribution in [0.15, 0.2) is 10.8 Å². The Balaban J connectivity index is 2.67. The van der Waals surface area contributed by atoms with Crippen LogP contribution in [0.2, 0.25) is 0 Å². The Labute approximate surface area is 110 Å². The van der Waals surface area contributed by atoms with Crippen molar-refractivity contribution in [3.63, 3.8) is 0 Å². The van der Waals surface area contributed by atoms with E-state index in [9.17, 15) is 0 Å². The van der Waals surface area contributed by atoms with Crippen molar-refractivity contribution >= 4 is 21.4 Å². The van der Waals surface area contributed by atoms with E-state index in [1.165, 1.54) is 12.1 Å². The molecule has 1 unspecified atom stereocenters. The summed E-state index contributed by atoms with van der Waals surface area (Å²) in [7, 11) is 0. The molecule has 2 heterocycles. The molecular formula is C13H18BrN3. The van der Waals surface area contributed by atoms with Gasteiger partial charge in [-0.05, 0) is 36.2 Å². The standard InChI is InChI=1S/C13H18BrN3/c1-5-6-8(2)13-16-12(14)11-7-15-9(3)10(4)17(11)13/h7-8H,5-6H2,1-4H3. The molecule has 0 aliphatic rings. The Hall–Kier alpha value is -0.900. The lowest BCUT2D eigenvalue weighted by molar-refractivity contribution is 0.620. The van der Waals surface area contributed by atoms with E-state index < -0.39 is 0 Å². The molecule has 17 heavy (non-hydrogen) atoms. The second kappa shape index (κ2) is 4.77. The quantitative estimate of drug-likeness (QED) is 0.856. The van der Waals surface area contributed by atoms with E-state index in [0.717, 1.165) is 28.1 Å². The van der Waals surface area contributed by atoms with Crippen LogP contribution in [0.3, 0.4) is 0 Å². The van der Waals surface area contributed by atoms with Crippen LogP contribution in [0.4, 0.5) is 0 Å². The average molecular weight is 296 g/mol. The van der Waals surface area contributed by atoms with Crippen LogP contribution in [-0.2, 0) is 0 Å². The van der Waals surface area contributed by atoms with Crippen molar-refractivity contribution in [1.29, 1.82) is 0 Å². The fourth-order valence-corrected chi connectivity index (χ4v) is 2.65. The van der Waals surface area contributed by atoms with Crippen LogP contribution in [-0.4, -0.2) is 14.4 Å². The summed E-state index contributed by atoms with van der Waals surface area (Å²) >= 11 is 3.52. The van der Waals surface area contributed by atoms with Gasteiger partial charge in [0, 0.05) is 11.6 Å². The lowest BCUT2D eigenvalue weighted by Gasteiger charge is -2.12. The third-order valence-electron chi connectivity index (χ3n) is 3.30. The Morgan fingerprint density at radius 2 is 2.12 bits per heavy atom. The number of fused-ring (bicyclic) bond motifs is 1. The molecule has 0 aliphatic heterocycles. The molecule has 0 aliphatic carbocycles. The first kappa shape index (κ1) is 12.6. The molecule has 0 aromatic carbocycles. The molecule has 0 saturated carbocycles. The number of hydrogen-bond acceptors (Lipinski definition) is 2. The van der Waals surface area contributed by atoms with Gasteiger partial charge in [0.15, 0.2) is 0 Å². The van der Waals surface area contributed by atoms with Crippen LogP contribution in [0.5, 0.6) is 0 Å². The monoisotopic (exact) mass is 295 g/mol.